The fourth-order valence-corrected chi connectivity index (χ4v) is 4.53. The van der Waals surface area contributed by atoms with Crippen LogP contribution in [-0.4, -0.2) is 49.2 Å². The van der Waals surface area contributed by atoms with Gasteiger partial charge in [-0.1, -0.05) is 29.8 Å². The van der Waals surface area contributed by atoms with Crippen molar-refractivity contribution in [1.29, 1.82) is 0 Å². The van der Waals surface area contributed by atoms with Gasteiger partial charge in [-0.3, -0.25) is 9.69 Å². The fraction of sp³-hybridized carbons (Fsp3) is 0.440. The summed E-state index contributed by atoms with van der Waals surface area (Å²) in [6.07, 6.45) is 1.16. The summed E-state index contributed by atoms with van der Waals surface area (Å²) in [7, 11) is 0. The lowest BCUT2D eigenvalue weighted by atomic mass is 9.96. The van der Waals surface area contributed by atoms with Crippen molar-refractivity contribution in [2.24, 2.45) is 5.92 Å². The van der Waals surface area contributed by atoms with E-state index in [1.807, 2.05) is 43.0 Å². The second-order valence-electron chi connectivity index (χ2n) is 8.45. The number of nitrogens with zero attached hydrogens (tertiary/aromatic N) is 2. The van der Waals surface area contributed by atoms with E-state index in [1.54, 1.807) is 23.1 Å². The van der Waals surface area contributed by atoms with Crippen LogP contribution >= 0.6 is 11.6 Å². The number of anilines is 1. The van der Waals surface area contributed by atoms with E-state index in [1.165, 1.54) is 0 Å². The van der Waals surface area contributed by atoms with Crippen LogP contribution in [0.2, 0.25) is 5.02 Å². The van der Waals surface area contributed by atoms with E-state index < -0.39 is 0 Å². The monoisotopic (exact) mass is 471 g/mol. The molecule has 3 amide bonds. The van der Waals surface area contributed by atoms with E-state index in [-0.39, 0.29) is 24.0 Å². The number of ether oxygens (including phenoxy) is 2. The van der Waals surface area contributed by atoms with E-state index in [0.717, 1.165) is 11.3 Å². The molecule has 4 rings (SSSR count). The first-order chi connectivity index (χ1) is 16.0. The number of likely N-dealkylation sites (tertiary alicyclic amines) is 1. The van der Waals surface area contributed by atoms with Gasteiger partial charge in [-0.2, -0.15) is 0 Å². The zero-order chi connectivity index (χ0) is 23.4. The molecule has 2 heterocycles. The standard InChI is InChI=1S/C25H30ClN3O4/c1-3-32-22-7-5-4-6-19(22)15-27-24(30)18-10-12-28(13-11-18)25(31)29-16-17(2)33-23-9-8-20(26)14-21(23)29/h4-9,14,17-18H,3,10-13,15-16H2,1-2H3,(H,27,30)/t17-/m0/s1. The molecule has 0 bridgehead atoms. The number of fused-ring (bicyclic) bond motifs is 1. The number of hydrogen-bond acceptors (Lipinski definition) is 4. The molecule has 176 valence electrons. The van der Waals surface area contributed by atoms with E-state index >= 15 is 0 Å². The molecule has 0 saturated carbocycles. The van der Waals surface area contributed by atoms with Crippen molar-refractivity contribution in [3.63, 3.8) is 0 Å². The van der Waals surface area contributed by atoms with Gasteiger partial charge in [0.25, 0.3) is 0 Å². The maximum atomic E-state index is 13.3. The second kappa shape index (κ2) is 10.3. The van der Waals surface area contributed by atoms with Gasteiger partial charge in [0.1, 0.15) is 17.6 Å². The largest absolute Gasteiger partial charge is 0.494 e. The van der Waals surface area contributed by atoms with E-state index in [9.17, 15) is 9.59 Å². The zero-order valence-electron chi connectivity index (χ0n) is 19.1. The number of rotatable bonds is 5. The molecule has 2 aliphatic rings. The lowest BCUT2D eigenvalue weighted by molar-refractivity contribution is -0.126. The van der Waals surface area contributed by atoms with Crippen LogP contribution < -0.4 is 19.7 Å². The summed E-state index contributed by atoms with van der Waals surface area (Å²) >= 11 is 6.16. The average Bonchev–Trinajstić information content (AvgIpc) is 2.83. The van der Waals surface area contributed by atoms with Crippen molar-refractivity contribution in [2.45, 2.75) is 39.3 Å². The molecular formula is C25H30ClN3O4. The summed E-state index contributed by atoms with van der Waals surface area (Å²) in [5.74, 6) is 1.36. The number of benzene rings is 2. The van der Waals surface area contributed by atoms with Gasteiger partial charge in [-0.25, -0.2) is 4.79 Å². The smallest absolute Gasteiger partial charge is 0.324 e. The van der Waals surface area contributed by atoms with Crippen molar-refractivity contribution >= 4 is 29.2 Å². The maximum absolute atomic E-state index is 13.3. The summed E-state index contributed by atoms with van der Waals surface area (Å²) in [6, 6.07) is 13.0. The molecule has 0 radical (unpaired) electrons. The topological polar surface area (TPSA) is 71.1 Å². The summed E-state index contributed by atoms with van der Waals surface area (Å²) < 4.78 is 11.5. The predicted octanol–water partition coefficient (Wildman–Crippen LogP) is 4.47. The first-order valence-corrected chi connectivity index (χ1v) is 11.8. The Morgan fingerprint density at radius 2 is 1.94 bits per heavy atom. The van der Waals surface area contributed by atoms with Crippen LogP contribution in [0.1, 0.15) is 32.3 Å². The Balaban J connectivity index is 1.33. The van der Waals surface area contributed by atoms with Crippen molar-refractivity contribution < 1.29 is 19.1 Å². The molecule has 2 aliphatic heterocycles. The van der Waals surface area contributed by atoms with Crippen LogP contribution in [0.25, 0.3) is 0 Å². The molecule has 0 aromatic heterocycles. The molecule has 33 heavy (non-hydrogen) atoms. The Hall–Kier alpha value is -2.93. The molecule has 1 fully saturated rings. The van der Waals surface area contributed by atoms with Crippen molar-refractivity contribution in [3.8, 4) is 11.5 Å². The van der Waals surface area contributed by atoms with Crippen LogP contribution in [0.5, 0.6) is 11.5 Å². The average molecular weight is 472 g/mol. The highest BCUT2D eigenvalue weighted by atomic mass is 35.5. The number of urea groups is 1. The van der Waals surface area contributed by atoms with Gasteiger partial charge in [-0.15, -0.1) is 0 Å². The summed E-state index contributed by atoms with van der Waals surface area (Å²) in [6.45, 7) is 6.43. The molecule has 2 aromatic rings. The first kappa shape index (κ1) is 23.2. The van der Waals surface area contributed by atoms with Gasteiger partial charge in [0.15, 0.2) is 0 Å². The highest BCUT2D eigenvalue weighted by molar-refractivity contribution is 6.31. The fourth-order valence-electron chi connectivity index (χ4n) is 4.37. The number of halogens is 1. The summed E-state index contributed by atoms with van der Waals surface area (Å²) in [5, 5.41) is 3.60. The third kappa shape index (κ3) is 5.36. The predicted molar refractivity (Wildman–Crippen MR) is 128 cm³/mol. The Morgan fingerprint density at radius 3 is 2.70 bits per heavy atom. The Morgan fingerprint density at radius 1 is 1.18 bits per heavy atom. The van der Waals surface area contributed by atoms with E-state index in [2.05, 4.69) is 5.32 Å². The third-order valence-corrected chi connectivity index (χ3v) is 6.31. The lowest BCUT2D eigenvalue weighted by Gasteiger charge is -2.39. The highest BCUT2D eigenvalue weighted by Gasteiger charge is 2.34. The molecule has 1 saturated heterocycles. The highest BCUT2D eigenvalue weighted by Crippen LogP contribution is 2.36. The molecule has 2 aromatic carbocycles. The van der Waals surface area contributed by atoms with Gasteiger partial charge in [0, 0.05) is 36.1 Å². The molecule has 1 atom stereocenters. The first-order valence-electron chi connectivity index (χ1n) is 11.5. The molecular weight excluding hydrogens is 442 g/mol. The second-order valence-corrected chi connectivity index (χ2v) is 8.89. The van der Waals surface area contributed by atoms with Gasteiger partial charge >= 0.3 is 6.03 Å². The zero-order valence-corrected chi connectivity index (χ0v) is 19.8. The van der Waals surface area contributed by atoms with Gasteiger partial charge in [0.2, 0.25) is 5.91 Å². The molecule has 8 heteroatoms. The number of carbonyl (C=O) groups is 2. The van der Waals surface area contributed by atoms with Crippen LogP contribution in [0.4, 0.5) is 10.5 Å². The number of amides is 3. The number of carbonyl (C=O) groups excluding carboxylic acids is 2. The Kier molecular flexibility index (Phi) is 7.28. The normalized spacial score (nSPS) is 18.3. The quantitative estimate of drug-likeness (QED) is 0.698. The van der Waals surface area contributed by atoms with E-state index in [4.69, 9.17) is 21.1 Å². The van der Waals surface area contributed by atoms with Crippen molar-refractivity contribution in [3.05, 3.63) is 53.1 Å². The van der Waals surface area contributed by atoms with Crippen LogP contribution in [-0.2, 0) is 11.3 Å². The Labute approximate surface area is 199 Å². The van der Waals surface area contributed by atoms with Crippen LogP contribution in [0.15, 0.2) is 42.5 Å². The summed E-state index contributed by atoms with van der Waals surface area (Å²) in [5.41, 5.74) is 1.65. The molecule has 0 aliphatic carbocycles. The molecule has 0 unspecified atom stereocenters. The number of nitrogens with one attached hydrogen (secondary N) is 1. The minimum atomic E-state index is -0.112. The van der Waals surface area contributed by atoms with Gasteiger partial charge in [0.05, 0.1) is 18.8 Å². The van der Waals surface area contributed by atoms with E-state index in [0.29, 0.717) is 62.1 Å². The van der Waals surface area contributed by atoms with Crippen LogP contribution in [0, 0.1) is 5.92 Å². The maximum Gasteiger partial charge on any atom is 0.324 e. The van der Waals surface area contributed by atoms with Crippen molar-refractivity contribution in [1.82, 2.24) is 10.2 Å². The Bertz CT molecular complexity index is 1010. The molecule has 1 N–H and O–H groups in total. The lowest BCUT2D eigenvalue weighted by Crippen LogP contribution is -2.52. The number of hydrogen-bond donors (Lipinski definition) is 1. The van der Waals surface area contributed by atoms with Crippen molar-refractivity contribution in [2.75, 3.05) is 31.1 Å². The molecule has 7 nitrogen and oxygen atoms in total. The molecule has 0 spiro atoms. The van der Waals surface area contributed by atoms with Crippen LogP contribution in [0.3, 0.4) is 0 Å². The minimum absolute atomic E-state index is 0.0190. The number of para-hydroxylation sites is 1. The summed E-state index contributed by atoms with van der Waals surface area (Å²) in [4.78, 5) is 29.6. The SMILES string of the molecule is CCOc1ccccc1CNC(=O)C1CCN(C(=O)N2C[C@H](C)Oc3ccc(Cl)cc32)CC1. The van der Waals surface area contributed by atoms with Gasteiger partial charge < -0.3 is 19.7 Å². The minimum Gasteiger partial charge on any atom is -0.494 e. The third-order valence-electron chi connectivity index (χ3n) is 6.07. The number of piperidine rings is 1. The van der Waals surface area contributed by atoms with Gasteiger partial charge in [-0.05, 0) is 51.0 Å².